The maximum Gasteiger partial charge on any atom is 0.166 e. The number of carbonyl (C=O) groups is 1. The number of halogens is 1. The molecule has 1 aliphatic rings. The van der Waals surface area contributed by atoms with Crippen LogP contribution in [0, 0.1) is 24.2 Å². The molecule has 0 amide bonds. The average molecular weight is 339 g/mol. The quantitative estimate of drug-likeness (QED) is 0.767. The molecule has 0 aliphatic carbocycles. The molecule has 0 bridgehead atoms. The van der Waals surface area contributed by atoms with Gasteiger partial charge in [-0.1, -0.05) is 41.4 Å². The van der Waals surface area contributed by atoms with Gasteiger partial charge in [0.1, 0.15) is 6.07 Å². The number of nitrogens with zero attached hydrogens (tertiary/aromatic N) is 2. The molecule has 3 nitrogen and oxygen atoms in total. The smallest absolute Gasteiger partial charge is 0.166 e. The highest BCUT2D eigenvalue weighted by molar-refractivity contribution is 6.30. The highest BCUT2D eigenvalue weighted by Crippen LogP contribution is 2.29. The molecule has 1 saturated heterocycles. The minimum Gasteiger partial charge on any atom is -0.370 e. The van der Waals surface area contributed by atoms with Gasteiger partial charge in [-0.2, -0.15) is 5.26 Å². The topological polar surface area (TPSA) is 44.1 Å². The van der Waals surface area contributed by atoms with E-state index in [1.54, 1.807) is 12.1 Å². The standard InChI is InChI=1S/C20H19ClN2O/c1-14-2-4-15(5-3-14)20(24)16-8-10-23(11-9-16)19-7-6-18(21)12-17(19)13-22/h2-7,12,16H,8-11H2,1H3. The van der Waals surface area contributed by atoms with Gasteiger partial charge in [-0.3, -0.25) is 4.79 Å². The molecule has 1 heterocycles. The van der Waals surface area contributed by atoms with E-state index in [-0.39, 0.29) is 11.7 Å². The normalized spacial score (nSPS) is 15.1. The van der Waals surface area contributed by atoms with Crippen LogP contribution >= 0.6 is 11.6 Å². The molecule has 0 unspecified atom stereocenters. The van der Waals surface area contributed by atoms with Crippen molar-refractivity contribution in [3.05, 3.63) is 64.2 Å². The summed E-state index contributed by atoms with van der Waals surface area (Å²) < 4.78 is 0. The van der Waals surface area contributed by atoms with E-state index < -0.39 is 0 Å². The van der Waals surface area contributed by atoms with Gasteiger partial charge in [0.15, 0.2) is 5.78 Å². The Balaban J connectivity index is 1.69. The van der Waals surface area contributed by atoms with Crippen molar-refractivity contribution in [1.82, 2.24) is 0 Å². The number of ketones is 1. The number of aryl methyl sites for hydroxylation is 1. The third kappa shape index (κ3) is 3.44. The third-order valence-corrected chi connectivity index (χ3v) is 4.86. The first-order chi connectivity index (χ1) is 11.6. The summed E-state index contributed by atoms with van der Waals surface area (Å²) in [6, 6.07) is 15.4. The second-order valence-corrected chi connectivity index (χ2v) is 6.70. The Kier molecular flexibility index (Phi) is 4.87. The second-order valence-electron chi connectivity index (χ2n) is 6.26. The first-order valence-corrected chi connectivity index (χ1v) is 8.52. The molecule has 2 aromatic carbocycles. The summed E-state index contributed by atoms with van der Waals surface area (Å²) in [6.45, 7) is 3.57. The zero-order valence-corrected chi connectivity index (χ0v) is 14.4. The van der Waals surface area contributed by atoms with Crippen molar-refractivity contribution in [2.24, 2.45) is 5.92 Å². The molecule has 0 atom stereocenters. The van der Waals surface area contributed by atoms with Crippen LogP contribution in [-0.4, -0.2) is 18.9 Å². The first kappa shape index (κ1) is 16.5. The van der Waals surface area contributed by atoms with E-state index in [1.165, 1.54) is 0 Å². The Morgan fingerprint density at radius 3 is 2.46 bits per heavy atom. The van der Waals surface area contributed by atoms with Gasteiger partial charge in [-0.05, 0) is 38.0 Å². The lowest BCUT2D eigenvalue weighted by Crippen LogP contribution is -2.36. The van der Waals surface area contributed by atoms with Crippen molar-refractivity contribution in [2.45, 2.75) is 19.8 Å². The summed E-state index contributed by atoms with van der Waals surface area (Å²) in [5.41, 5.74) is 3.45. The van der Waals surface area contributed by atoms with Gasteiger partial charge in [0.2, 0.25) is 0 Å². The fraction of sp³-hybridized carbons (Fsp3) is 0.300. The summed E-state index contributed by atoms with van der Waals surface area (Å²) in [6.07, 6.45) is 1.61. The molecular weight excluding hydrogens is 320 g/mol. The Hall–Kier alpha value is -2.31. The van der Waals surface area contributed by atoms with Crippen LogP contribution in [0.5, 0.6) is 0 Å². The van der Waals surface area contributed by atoms with E-state index in [0.717, 1.165) is 42.7 Å². The lowest BCUT2D eigenvalue weighted by Gasteiger charge is -2.33. The molecule has 4 heteroatoms. The number of anilines is 1. The fourth-order valence-corrected chi connectivity index (χ4v) is 3.38. The molecule has 0 N–H and O–H groups in total. The number of rotatable bonds is 3. The van der Waals surface area contributed by atoms with Gasteiger partial charge < -0.3 is 4.90 Å². The monoisotopic (exact) mass is 338 g/mol. The summed E-state index contributed by atoms with van der Waals surface area (Å²) >= 11 is 5.96. The number of nitriles is 1. The van der Waals surface area contributed by atoms with Gasteiger partial charge in [-0.25, -0.2) is 0 Å². The molecule has 3 rings (SSSR count). The highest BCUT2D eigenvalue weighted by atomic mass is 35.5. The predicted octanol–water partition coefficient (Wildman–Crippen LogP) is 4.62. The number of hydrogen-bond donors (Lipinski definition) is 0. The van der Waals surface area contributed by atoms with Crippen LogP contribution in [0.2, 0.25) is 5.02 Å². The lowest BCUT2D eigenvalue weighted by molar-refractivity contribution is 0.0900. The van der Waals surface area contributed by atoms with Crippen molar-refractivity contribution < 1.29 is 4.79 Å². The van der Waals surface area contributed by atoms with Crippen LogP contribution in [0.25, 0.3) is 0 Å². The number of benzene rings is 2. The van der Waals surface area contributed by atoms with Crippen molar-refractivity contribution in [1.29, 1.82) is 5.26 Å². The number of Topliss-reactive ketones (excluding diaryl/α,β-unsaturated/α-hetero) is 1. The summed E-state index contributed by atoms with van der Waals surface area (Å²) in [5, 5.41) is 9.86. The third-order valence-electron chi connectivity index (χ3n) is 4.62. The van der Waals surface area contributed by atoms with Crippen LogP contribution in [0.4, 0.5) is 5.69 Å². The largest absolute Gasteiger partial charge is 0.370 e. The minimum absolute atomic E-state index is 0.0572. The summed E-state index contributed by atoms with van der Waals surface area (Å²) in [5.74, 6) is 0.285. The molecule has 1 fully saturated rings. The summed E-state index contributed by atoms with van der Waals surface area (Å²) in [7, 11) is 0. The molecular formula is C20H19ClN2O. The Morgan fingerprint density at radius 2 is 1.83 bits per heavy atom. The average Bonchev–Trinajstić information content (AvgIpc) is 2.62. The van der Waals surface area contributed by atoms with Gasteiger partial charge in [-0.15, -0.1) is 0 Å². The lowest BCUT2D eigenvalue weighted by atomic mass is 9.88. The summed E-state index contributed by atoms with van der Waals surface area (Å²) in [4.78, 5) is 14.8. The van der Waals surface area contributed by atoms with E-state index in [0.29, 0.717) is 10.6 Å². The van der Waals surface area contributed by atoms with Gasteiger partial charge in [0.05, 0.1) is 11.3 Å². The molecule has 1 aliphatic heterocycles. The van der Waals surface area contributed by atoms with E-state index in [1.807, 2.05) is 37.3 Å². The Bertz CT molecular complexity index is 784. The molecule has 0 spiro atoms. The van der Waals surface area contributed by atoms with Crippen LogP contribution in [-0.2, 0) is 0 Å². The fourth-order valence-electron chi connectivity index (χ4n) is 3.21. The molecule has 2 aromatic rings. The van der Waals surface area contributed by atoms with Crippen molar-refractivity contribution in [3.63, 3.8) is 0 Å². The van der Waals surface area contributed by atoms with Crippen molar-refractivity contribution in [3.8, 4) is 6.07 Å². The van der Waals surface area contributed by atoms with Crippen molar-refractivity contribution >= 4 is 23.1 Å². The van der Waals surface area contributed by atoms with E-state index >= 15 is 0 Å². The number of carbonyl (C=O) groups excluding carboxylic acids is 1. The van der Waals surface area contributed by atoms with Crippen LogP contribution in [0.3, 0.4) is 0 Å². The second kappa shape index (κ2) is 7.07. The van der Waals surface area contributed by atoms with Crippen LogP contribution in [0.1, 0.15) is 34.3 Å². The molecule has 0 aromatic heterocycles. The molecule has 122 valence electrons. The van der Waals surface area contributed by atoms with Gasteiger partial charge in [0.25, 0.3) is 0 Å². The Morgan fingerprint density at radius 1 is 1.17 bits per heavy atom. The minimum atomic E-state index is 0.0572. The SMILES string of the molecule is Cc1ccc(C(=O)C2CCN(c3ccc(Cl)cc3C#N)CC2)cc1. The zero-order valence-electron chi connectivity index (χ0n) is 13.6. The van der Waals surface area contributed by atoms with E-state index in [2.05, 4.69) is 11.0 Å². The maximum absolute atomic E-state index is 12.6. The molecule has 0 radical (unpaired) electrons. The molecule has 0 saturated carbocycles. The predicted molar refractivity (Wildman–Crippen MR) is 96.6 cm³/mol. The Labute approximate surface area is 147 Å². The van der Waals surface area contributed by atoms with Gasteiger partial charge in [0, 0.05) is 29.6 Å². The first-order valence-electron chi connectivity index (χ1n) is 8.14. The van der Waals surface area contributed by atoms with E-state index in [4.69, 9.17) is 11.6 Å². The maximum atomic E-state index is 12.6. The highest BCUT2D eigenvalue weighted by Gasteiger charge is 2.26. The number of piperidine rings is 1. The van der Waals surface area contributed by atoms with Gasteiger partial charge >= 0.3 is 0 Å². The van der Waals surface area contributed by atoms with E-state index in [9.17, 15) is 10.1 Å². The van der Waals surface area contributed by atoms with Crippen molar-refractivity contribution in [2.75, 3.05) is 18.0 Å². The van der Waals surface area contributed by atoms with Crippen LogP contribution in [0.15, 0.2) is 42.5 Å². The number of hydrogen-bond acceptors (Lipinski definition) is 3. The van der Waals surface area contributed by atoms with Crippen LogP contribution < -0.4 is 4.90 Å². The zero-order chi connectivity index (χ0) is 17.1. The molecule has 24 heavy (non-hydrogen) atoms.